The topological polar surface area (TPSA) is 41.6 Å². The minimum Gasteiger partial charge on any atom is -0.262 e. The van der Waals surface area contributed by atoms with Crippen LogP contribution in [0.2, 0.25) is 0 Å². The number of aromatic amines is 1. The Bertz CT molecular complexity index is 574. The maximum atomic E-state index is 4.68. The summed E-state index contributed by atoms with van der Waals surface area (Å²) >= 11 is 7.02. The predicted octanol–water partition coefficient (Wildman–Crippen LogP) is 5.04. The molecule has 0 amide bonds. The molecule has 1 N–H and O–H groups in total. The van der Waals surface area contributed by atoms with Crippen LogP contribution in [0.5, 0.6) is 0 Å². The normalized spacial score (nSPS) is 16.7. The molecular formula is C14H15Br2N3. The van der Waals surface area contributed by atoms with Gasteiger partial charge in [-0.1, -0.05) is 35.2 Å². The second-order valence-corrected chi connectivity index (χ2v) is 6.77. The molecule has 0 unspecified atom stereocenters. The van der Waals surface area contributed by atoms with Crippen LogP contribution < -0.4 is 0 Å². The van der Waals surface area contributed by atoms with Gasteiger partial charge in [0.25, 0.3) is 0 Å². The SMILES string of the molecule is Brc1ccc(-c2n[nH]c(C3CCCCC3)n2)c(Br)c1. The van der Waals surface area contributed by atoms with Gasteiger partial charge in [0.05, 0.1) is 0 Å². The van der Waals surface area contributed by atoms with Crippen LogP contribution in [0.15, 0.2) is 27.1 Å². The van der Waals surface area contributed by atoms with E-state index in [1.807, 2.05) is 18.2 Å². The molecule has 1 aliphatic rings. The lowest BCUT2D eigenvalue weighted by molar-refractivity contribution is 0.429. The van der Waals surface area contributed by atoms with Gasteiger partial charge in [-0.05, 0) is 47.0 Å². The highest BCUT2D eigenvalue weighted by Gasteiger charge is 2.20. The second-order valence-electron chi connectivity index (χ2n) is 5.00. The Kier molecular flexibility index (Phi) is 4.03. The number of nitrogens with zero attached hydrogens (tertiary/aromatic N) is 2. The van der Waals surface area contributed by atoms with Gasteiger partial charge < -0.3 is 0 Å². The van der Waals surface area contributed by atoms with E-state index >= 15 is 0 Å². The van der Waals surface area contributed by atoms with Crippen LogP contribution in [-0.2, 0) is 0 Å². The third-order valence-electron chi connectivity index (χ3n) is 3.67. The molecule has 1 heterocycles. The third-order valence-corrected chi connectivity index (χ3v) is 4.82. The van der Waals surface area contributed by atoms with Gasteiger partial charge in [0.1, 0.15) is 5.82 Å². The van der Waals surface area contributed by atoms with Gasteiger partial charge >= 0.3 is 0 Å². The van der Waals surface area contributed by atoms with Crippen molar-refractivity contribution in [2.24, 2.45) is 0 Å². The number of hydrogen-bond acceptors (Lipinski definition) is 2. The molecule has 0 aliphatic heterocycles. The molecule has 1 aliphatic carbocycles. The van der Waals surface area contributed by atoms with Crippen molar-refractivity contribution in [3.63, 3.8) is 0 Å². The summed E-state index contributed by atoms with van der Waals surface area (Å²) in [7, 11) is 0. The van der Waals surface area contributed by atoms with E-state index in [0.717, 1.165) is 26.2 Å². The van der Waals surface area contributed by atoms with Crippen molar-refractivity contribution in [2.75, 3.05) is 0 Å². The maximum absolute atomic E-state index is 4.68. The number of H-pyrrole nitrogens is 1. The zero-order valence-corrected chi connectivity index (χ0v) is 13.7. The van der Waals surface area contributed by atoms with Crippen molar-refractivity contribution >= 4 is 31.9 Å². The van der Waals surface area contributed by atoms with E-state index in [4.69, 9.17) is 0 Å². The first-order chi connectivity index (χ1) is 9.24. The van der Waals surface area contributed by atoms with Gasteiger partial charge in [0.2, 0.25) is 0 Å². The summed E-state index contributed by atoms with van der Waals surface area (Å²) < 4.78 is 2.06. The van der Waals surface area contributed by atoms with Crippen molar-refractivity contribution in [3.8, 4) is 11.4 Å². The summed E-state index contributed by atoms with van der Waals surface area (Å²) in [6.45, 7) is 0. The molecule has 0 atom stereocenters. The van der Waals surface area contributed by atoms with Gasteiger partial charge in [0.15, 0.2) is 5.82 Å². The van der Waals surface area contributed by atoms with Crippen molar-refractivity contribution in [2.45, 2.75) is 38.0 Å². The van der Waals surface area contributed by atoms with Crippen LogP contribution in [0, 0.1) is 0 Å². The fourth-order valence-electron chi connectivity index (χ4n) is 2.62. The first-order valence-corrected chi connectivity index (χ1v) is 8.20. The molecule has 1 aromatic carbocycles. The lowest BCUT2D eigenvalue weighted by Gasteiger charge is -2.18. The summed E-state index contributed by atoms with van der Waals surface area (Å²) in [5, 5.41) is 7.49. The van der Waals surface area contributed by atoms with Crippen molar-refractivity contribution in [1.82, 2.24) is 15.2 Å². The second kappa shape index (κ2) is 5.75. The Morgan fingerprint density at radius 3 is 2.63 bits per heavy atom. The number of nitrogens with one attached hydrogen (secondary N) is 1. The van der Waals surface area contributed by atoms with E-state index in [1.165, 1.54) is 32.1 Å². The quantitative estimate of drug-likeness (QED) is 0.787. The number of benzene rings is 1. The largest absolute Gasteiger partial charge is 0.262 e. The lowest BCUT2D eigenvalue weighted by atomic mass is 9.89. The van der Waals surface area contributed by atoms with E-state index in [2.05, 4.69) is 47.0 Å². The third kappa shape index (κ3) is 2.92. The summed E-state index contributed by atoms with van der Waals surface area (Å²) in [4.78, 5) is 4.68. The minimum atomic E-state index is 0.559. The van der Waals surface area contributed by atoms with E-state index < -0.39 is 0 Å². The van der Waals surface area contributed by atoms with E-state index in [9.17, 15) is 0 Å². The molecule has 100 valence electrons. The number of rotatable bonds is 2. The number of aromatic nitrogens is 3. The standard InChI is InChI=1S/C14H15Br2N3/c15-10-6-7-11(12(16)8-10)14-17-13(18-19-14)9-4-2-1-3-5-9/h6-9H,1-5H2,(H,17,18,19). The van der Waals surface area contributed by atoms with Crippen molar-refractivity contribution in [1.29, 1.82) is 0 Å². The molecule has 0 saturated heterocycles. The number of hydrogen-bond donors (Lipinski definition) is 1. The van der Waals surface area contributed by atoms with Gasteiger partial charge in [-0.25, -0.2) is 4.98 Å². The highest BCUT2D eigenvalue weighted by Crippen LogP contribution is 2.33. The molecule has 0 radical (unpaired) electrons. The smallest absolute Gasteiger partial charge is 0.182 e. The van der Waals surface area contributed by atoms with E-state index in [1.54, 1.807) is 0 Å². The van der Waals surface area contributed by atoms with Crippen LogP contribution in [0.4, 0.5) is 0 Å². The molecular weight excluding hydrogens is 370 g/mol. The van der Waals surface area contributed by atoms with Crippen molar-refractivity contribution in [3.05, 3.63) is 33.0 Å². The predicted molar refractivity (Wildman–Crippen MR) is 83.0 cm³/mol. The first-order valence-electron chi connectivity index (χ1n) is 6.62. The molecule has 2 aromatic rings. The Balaban J connectivity index is 1.87. The lowest BCUT2D eigenvalue weighted by Crippen LogP contribution is -2.06. The van der Waals surface area contributed by atoms with Gasteiger partial charge in [-0.3, -0.25) is 5.10 Å². The van der Waals surface area contributed by atoms with Crippen LogP contribution >= 0.6 is 31.9 Å². The molecule has 3 nitrogen and oxygen atoms in total. The summed E-state index contributed by atoms with van der Waals surface area (Å²) in [5.74, 6) is 2.38. The summed E-state index contributed by atoms with van der Waals surface area (Å²) in [6.07, 6.45) is 6.44. The molecule has 1 fully saturated rings. The molecule has 1 aromatic heterocycles. The monoisotopic (exact) mass is 383 g/mol. The van der Waals surface area contributed by atoms with Crippen LogP contribution in [-0.4, -0.2) is 15.2 Å². The molecule has 3 rings (SSSR count). The maximum Gasteiger partial charge on any atom is 0.182 e. The molecule has 1 saturated carbocycles. The van der Waals surface area contributed by atoms with Crippen LogP contribution in [0.25, 0.3) is 11.4 Å². The molecule has 19 heavy (non-hydrogen) atoms. The van der Waals surface area contributed by atoms with E-state index in [-0.39, 0.29) is 0 Å². The zero-order valence-electron chi connectivity index (χ0n) is 10.5. The average molecular weight is 385 g/mol. The highest BCUT2D eigenvalue weighted by atomic mass is 79.9. The van der Waals surface area contributed by atoms with Gasteiger partial charge in [-0.2, -0.15) is 5.10 Å². The highest BCUT2D eigenvalue weighted by molar-refractivity contribution is 9.11. The Morgan fingerprint density at radius 2 is 1.89 bits per heavy atom. The summed E-state index contributed by atoms with van der Waals surface area (Å²) in [6, 6.07) is 6.06. The minimum absolute atomic E-state index is 0.559. The number of halogens is 2. The van der Waals surface area contributed by atoms with Gasteiger partial charge in [0, 0.05) is 20.4 Å². The first kappa shape index (κ1) is 13.3. The van der Waals surface area contributed by atoms with Gasteiger partial charge in [-0.15, -0.1) is 0 Å². The van der Waals surface area contributed by atoms with Crippen molar-refractivity contribution < 1.29 is 0 Å². The Morgan fingerprint density at radius 1 is 1.11 bits per heavy atom. The molecule has 5 heteroatoms. The average Bonchev–Trinajstić information content (AvgIpc) is 2.89. The molecule has 0 spiro atoms. The van der Waals surface area contributed by atoms with Crippen LogP contribution in [0.1, 0.15) is 43.8 Å². The van der Waals surface area contributed by atoms with Crippen LogP contribution in [0.3, 0.4) is 0 Å². The van der Waals surface area contributed by atoms with E-state index in [0.29, 0.717) is 5.92 Å². The Labute approximate surface area is 129 Å². The molecule has 0 bridgehead atoms. The fourth-order valence-corrected chi connectivity index (χ4v) is 3.85. The Hall–Kier alpha value is -0.680. The summed E-state index contributed by atoms with van der Waals surface area (Å²) in [5.41, 5.74) is 1.03. The fraction of sp³-hybridized carbons (Fsp3) is 0.429. The zero-order chi connectivity index (χ0) is 13.2.